The average Bonchev–Trinajstić information content (AvgIpc) is 3.16. The van der Waals surface area contributed by atoms with Crippen LogP contribution in [0.5, 0.6) is 0 Å². The highest BCUT2D eigenvalue weighted by Crippen LogP contribution is 2.29. The lowest BCUT2D eigenvalue weighted by Gasteiger charge is -2.29. The van der Waals surface area contributed by atoms with E-state index in [0.717, 1.165) is 12.8 Å². The molecule has 2 N–H and O–H groups in total. The molecule has 0 atom stereocenters. The highest BCUT2D eigenvalue weighted by atomic mass is 16.4. The molecule has 0 aliphatic heterocycles. The van der Waals surface area contributed by atoms with Crippen LogP contribution in [0.25, 0.3) is 0 Å². The summed E-state index contributed by atoms with van der Waals surface area (Å²) in [4.78, 5) is 37.8. The normalized spacial score (nSPS) is 13.9. The molecule has 0 spiro atoms. The van der Waals surface area contributed by atoms with Crippen LogP contribution < -0.4 is 5.32 Å². The fourth-order valence-corrected chi connectivity index (χ4v) is 2.04. The van der Waals surface area contributed by atoms with Crippen molar-refractivity contribution in [3.8, 4) is 0 Å². The summed E-state index contributed by atoms with van der Waals surface area (Å²) in [7, 11) is 0. The lowest BCUT2D eigenvalue weighted by molar-refractivity contribution is -0.137. The zero-order valence-corrected chi connectivity index (χ0v) is 13.0. The van der Waals surface area contributed by atoms with Gasteiger partial charge >= 0.3 is 12.0 Å². The van der Waals surface area contributed by atoms with E-state index >= 15 is 0 Å². The number of nitrogens with one attached hydrogen (secondary N) is 1. The van der Waals surface area contributed by atoms with Gasteiger partial charge in [-0.3, -0.25) is 9.59 Å². The molecule has 1 fully saturated rings. The summed E-state index contributed by atoms with van der Waals surface area (Å²) in [5.41, 5.74) is 0. The van der Waals surface area contributed by atoms with Crippen LogP contribution in [-0.2, 0) is 9.59 Å². The minimum Gasteiger partial charge on any atom is -0.480 e. The average molecular weight is 299 g/mol. The second kappa shape index (κ2) is 7.85. The van der Waals surface area contributed by atoms with E-state index in [9.17, 15) is 14.4 Å². The van der Waals surface area contributed by atoms with E-state index in [4.69, 9.17) is 5.11 Å². The number of likely N-dealkylation sites (N-methyl/N-ethyl adjacent to an activating group) is 1. The van der Waals surface area contributed by atoms with E-state index < -0.39 is 5.97 Å². The van der Waals surface area contributed by atoms with Crippen LogP contribution in [0.15, 0.2) is 0 Å². The van der Waals surface area contributed by atoms with Crippen LogP contribution in [0.1, 0.15) is 33.6 Å². The largest absolute Gasteiger partial charge is 0.480 e. The molecule has 21 heavy (non-hydrogen) atoms. The topological polar surface area (TPSA) is 90.0 Å². The molecule has 1 aliphatic carbocycles. The minimum atomic E-state index is -1.04. The summed E-state index contributed by atoms with van der Waals surface area (Å²) in [5, 5.41) is 11.7. The van der Waals surface area contributed by atoms with E-state index in [0.29, 0.717) is 19.0 Å². The molecular weight excluding hydrogens is 274 g/mol. The number of carboxylic acids is 1. The summed E-state index contributed by atoms with van der Waals surface area (Å²) in [5.74, 6) is -0.870. The molecule has 0 heterocycles. The smallest absolute Gasteiger partial charge is 0.323 e. The third-order valence-electron chi connectivity index (χ3n) is 3.21. The molecule has 120 valence electrons. The molecule has 0 radical (unpaired) electrons. The Morgan fingerprint density at radius 1 is 1.19 bits per heavy atom. The van der Waals surface area contributed by atoms with Crippen LogP contribution in [-0.4, -0.2) is 65.0 Å². The standard InChI is InChI=1S/C14H25N3O4/c1-4-16(8-12(18)15-10(2)3)14(21)17(9-13(19)20)7-11-5-6-11/h10-11H,4-9H2,1-3H3,(H,15,18)(H,19,20). The van der Waals surface area contributed by atoms with Gasteiger partial charge in [0.2, 0.25) is 5.91 Å². The Morgan fingerprint density at radius 3 is 2.24 bits per heavy atom. The Kier molecular flexibility index (Phi) is 6.45. The van der Waals surface area contributed by atoms with Gasteiger partial charge in [0.05, 0.1) is 0 Å². The predicted octanol–water partition coefficient (Wildman–Crippen LogP) is 0.750. The number of aliphatic carboxylic acids is 1. The van der Waals surface area contributed by atoms with E-state index in [1.165, 1.54) is 9.80 Å². The van der Waals surface area contributed by atoms with E-state index in [1.54, 1.807) is 6.92 Å². The van der Waals surface area contributed by atoms with Crippen molar-refractivity contribution in [3.63, 3.8) is 0 Å². The van der Waals surface area contributed by atoms with Crippen molar-refractivity contribution < 1.29 is 19.5 Å². The molecular formula is C14H25N3O4. The molecule has 7 nitrogen and oxygen atoms in total. The van der Waals surface area contributed by atoms with Gasteiger partial charge in [0.1, 0.15) is 13.1 Å². The van der Waals surface area contributed by atoms with E-state index in [1.807, 2.05) is 13.8 Å². The fourth-order valence-electron chi connectivity index (χ4n) is 2.04. The SMILES string of the molecule is CCN(CC(=O)NC(C)C)C(=O)N(CC(=O)O)CC1CC1. The van der Waals surface area contributed by atoms with Crippen molar-refractivity contribution in [2.24, 2.45) is 5.92 Å². The van der Waals surface area contributed by atoms with Crippen molar-refractivity contribution in [2.45, 2.75) is 39.7 Å². The third kappa shape index (κ3) is 6.46. The van der Waals surface area contributed by atoms with Crippen molar-refractivity contribution in [1.29, 1.82) is 0 Å². The Labute approximate surface area is 125 Å². The van der Waals surface area contributed by atoms with Gasteiger partial charge in [-0.2, -0.15) is 0 Å². The molecule has 1 rings (SSSR count). The first kappa shape index (κ1) is 17.3. The van der Waals surface area contributed by atoms with Gasteiger partial charge in [-0.15, -0.1) is 0 Å². The Balaban J connectivity index is 2.63. The molecule has 0 unspecified atom stereocenters. The lowest BCUT2D eigenvalue weighted by Crippen LogP contribution is -2.50. The number of hydrogen-bond acceptors (Lipinski definition) is 3. The Hall–Kier alpha value is -1.79. The maximum atomic E-state index is 12.4. The van der Waals surface area contributed by atoms with Gasteiger partial charge in [0.15, 0.2) is 0 Å². The van der Waals surface area contributed by atoms with Crippen molar-refractivity contribution in [3.05, 3.63) is 0 Å². The van der Waals surface area contributed by atoms with Crippen molar-refractivity contribution in [2.75, 3.05) is 26.2 Å². The van der Waals surface area contributed by atoms with E-state index in [2.05, 4.69) is 5.32 Å². The molecule has 1 aliphatic rings. The molecule has 0 bridgehead atoms. The van der Waals surface area contributed by atoms with Crippen molar-refractivity contribution >= 4 is 17.9 Å². The molecule has 0 aromatic carbocycles. The first-order chi connectivity index (χ1) is 9.83. The van der Waals surface area contributed by atoms with Gasteiger partial charge < -0.3 is 20.2 Å². The summed E-state index contributed by atoms with van der Waals surface area (Å²) >= 11 is 0. The number of urea groups is 1. The molecule has 0 aromatic heterocycles. The van der Waals surface area contributed by atoms with E-state index in [-0.39, 0.29) is 31.1 Å². The number of nitrogens with zero attached hydrogens (tertiary/aromatic N) is 2. The predicted molar refractivity (Wildman–Crippen MR) is 77.9 cm³/mol. The fraction of sp³-hybridized carbons (Fsp3) is 0.786. The summed E-state index contributed by atoms with van der Waals surface area (Å²) in [6.07, 6.45) is 2.06. The number of rotatable bonds is 8. The summed E-state index contributed by atoms with van der Waals surface area (Å²) in [6.45, 7) is 5.92. The molecule has 1 saturated carbocycles. The first-order valence-electron chi connectivity index (χ1n) is 7.38. The number of carboxylic acid groups (broad SMARTS) is 1. The van der Waals surface area contributed by atoms with Crippen molar-refractivity contribution in [1.82, 2.24) is 15.1 Å². The highest BCUT2D eigenvalue weighted by Gasteiger charge is 2.30. The van der Waals surface area contributed by atoms with Gasteiger partial charge in [0.25, 0.3) is 0 Å². The van der Waals surface area contributed by atoms with Gasteiger partial charge in [-0.25, -0.2) is 4.79 Å². The maximum absolute atomic E-state index is 12.4. The summed E-state index contributed by atoms with van der Waals surface area (Å²) in [6, 6.07) is -0.376. The van der Waals surface area contributed by atoms with Gasteiger partial charge in [0, 0.05) is 19.1 Å². The summed E-state index contributed by atoms with van der Waals surface area (Å²) < 4.78 is 0. The first-order valence-corrected chi connectivity index (χ1v) is 7.38. The molecule has 3 amide bonds. The number of amides is 3. The quantitative estimate of drug-likeness (QED) is 0.692. The van der Waals surface area contributed by atoms with Crippen LogP contribution in [0.2, 0.25) is 0 Å². The van der Waals surface area contributed by atoms with Crippen LogP contribution >= 0.6 is 0 Å². The zero-order valence-electron chi connectivity index (χ0n) is 13.0. The van der Waals surface area contributed by atoms with Gasteiger partial charge in [-0.1, -0.05) is 0 Å². The Morgan fingerprint density at radius 2 is 1.81 bits per heavy atom. The van der Waals surface area contributed by atoms with Crippen LogP contribution in [0.3, 0.4) is 0 Å². The number of hydrogen-bond donors (Lipinski definition) is 2. The molecule has 0 saturated heterocycles. The maximum Gasteiger partial charge on any atom is 0.323 e. The second-order valence-corrected chi connectivity index (χ2v) is 5.74. The molecule has 7 heteroatoms. The minimum absolute atomic E-state index is 0.00731. The van der Waals surface area contributed by atoms with Gasteiger partial charge in [-0.05, 0) is 39.5 Å². The highest BCUT2D eigenvalue weighted by molar-refractivity contribution is 5.85. The lowest BCUT2D eigenvalue weighted by atomic mass is 10.3. The Bertz CT molecular complexity index is 394. The molecule has 0 aromatic rings. The number of carbonyl (C=O) groups excluding carboxylic acids is 2. The van der Waals surface area contributed by atoms with Crippen LogP contribution in [0.4, 0.5) is 4.79 Å². The third-order valence-corrected chi connectivity index (χ3v) is 3.21. The monoisotopic (exact) mass is 299 g/mol. The number of carbonyl (C=O) groups is 3. The zero-order chi connectivity index (χ0) is 16.0. The van der Waals surface area contributed by atoms with Crippen LogP contribution in [0, 0.1) is 5.92 Å². The second-order valence-electron chi connectivity index (χ2n) is 5.74.